The first kappa shape index (κ1) is 21.8. The van der Waals surface area contributed by atoms with Gasteiger partial charge in [-0.05, 0) is 56.5 Å². The predicted molar refractivity (Wildman–Crippen MR) is 119 cm³/mol. The van der Waals surface area contributed by atoms with Crippen molar-refractivity contribution >= 4 is 11.4 Å². The zero-order valence-electron chi connectivity index (χ0n) is 17.6. The first-order valence-corrected chi connectivity index (χ1v) is 9.92. The highest BCUT2D eigenvalue weighted by atomic mass is 15.1. The fourth-order valence-corrected chi connectivity index (χ4v) is 3.06. The predicted octanol–water partition coefficient (Wildman–Crippen LogP) is 7.63. The molecule has 0 saturated carbocycles. The van der Waals surface area contributed by atoms with Gasteiger partial charge in [0.1, 0.15) is 0 Å². The van der Waals surface area contributed by atoms with Crippen LogP contribution in [-0.2, 0) is 6.42 Å². The number of rotatable bonds is 2. The summed E-state index contributed by atoms with van der Waals surface area (Å²) in [5.74, 6) is 0. The fourth-order valence-electron chi connectivity index (χ4n) is 3.06. The second-order valence-electron chi connectivity index (χ2n) is 6.03. The number of fused-ring (bicyclic) bond motifs is 1. The van der Waals surface area contributed by atoms with Crippen molar-refractivity contribution in [1.29, 1.82) is 0 Å². The van der Waals surface area contributed by atoms with Gasteiger partial charge in [0.25, 0.3) is 0 Å². The molecule has 0 amide bonds. The van der Waals surface area contributed by atoms with E-state index in [1.807, 2.05) is 27.7 Å². The molecule has 3 rings (SSSR count). The third-order valence-electron chi connectivity index (χ3n) is 4.32. The van der Waals surface area contributed by atoms with Gasteiger partial charge in [-0.15, -0.1) is 0 Å². The highest BCUT2D eigenvalue weighted by Crippen LogP contribution is 2.34. The lowest BCUT2D eigenvalue weighted by Crippen LogP contribution is -2.19. The van der Waals surface area contributed by atoms with Gasteiger partial charge in [0.05, 0.1) is 0 Å². The maximum atomic E-state index is 2.43. The molecule has 0 bridgehead atoms. The number of anilines is 2. The largest absolute Gasteiger partial charge is 0.337 e. The van der Waals surface area contributed by atoms with Crippen molar-refractivity contribution in [2.45, 2.75) is 54.9 Å². The summed E-state index contributed by atoms with van der Waals surface area (Å²) in [5, 5.41) is 0. The number of aryl methyl sites for hydroxylation is 1. The van der Waals surface area contributed by atoms with E-state index in [4.69, 9.17) is 0 Å². The van der Waals surface area contributed by atoms with Crippen molar-refractivity contribution in [3.05, 3.63) is 83.0 Å². The van der Waals surface area contributed by atoms with E-state index in [1.165, 1.54) is 33.6 Å². The molecule has 2 aromatic carbocycles. The van der Waals surface area contributed by atoms with E-state index < -0.39 is 0 Å². The Balaban J connectivity index is 0.000000791. The molecule has 0 fully saturated rings. The third-order valence-corrected chi connectivity index (χ3v) is 4.32. The van der Waals surface area contributed by atoms with E-state index in [1.54, 1.807) is 0 Å². The van der Waals surface area contributed by atoms with Crippen LogP contribution in [0.15, 0.2) is 71.8 Å². The van der Waals surface area contributed by atoms with Gasteiger partial charge < -0.3 is 4.90 Å². The van der Waals surface area contributed by atoms with Crippen LogP contribution in [0.2, 0.25) is 0 Å². The van der Waals surface area contributed by atoms with Crippen LogP contribution >= 0.6 is 0 Å². The van der Waals surface area contributed by atoms with Crippen molar-refractivity contribution in [2.75, 3.05) is 11.4 Å². The second-order valence-corrected chi connectivity index (χ2v) is 6.03. The Morgan fingerprint density at radius 1 is 0.846 bits per heavy atom. The first-order chi connectivity index (χ1) is 12.7. The second kappa shape index (κ2) is 11.4. The van der Waals surface area contributed by atoms with Crippen molar-refractivity contribution in [3.63, 3.8) is 0 Å². The minimum atomic E-state index is 0.944. The van der Waals surface area contributed by atoms with Crippen molar-refractivity contribution in [2.24, 2.45) is 0 Å². The van der Waals surface area contributed by atoms with Crippen LogP contribution in [0.4, 0.5) is 11.4 Å². The summed E-state index contributed by atoms with van der Waals surface area (Å²) in [6.45, 7) is 15.4. The lowest BCUT2D eigenvalue weighted by atomic mass is 10.0. The number of hydrogen-bond acceptors (Lipinski definition) is 1. The number of benzene rings is 2. The Labute approximate surface area is 161 Å². The third kappa shape index (κ3) is 5.36. The first-order valence-electron chi connectivity index (χ1n) is 9.92. The van der Waals surface area contributed by atoms with Crippen molar-refractivity contribution in [3.8, 4) is 0 Å². The highest BCUT2D eigenvalue weighted by Gasteiger charge is 2.19. The van der Waals surface area contributed by atoms with Crippen molar-refractivity contribution in [1.82, 2.24) is 0 Å². The highest BCUT2D eigenvalue weighted by molar-refractivity contribution is 5.69. The van der Waals surface area contributed by atoms with E-state index in [0.717, 1.165) is 13.0 Å². The molecule has 140 valence electrons. The van der Waals surface area contributed by atoms with E-state index in [9.17, 15) is 0 Å². The van der Waals surface area contributed by atoms with Gasteiger partial charge in [-0.25, -0.2) is 0 Å². The van der Waals surface area contributed by atoms with Crippen LogP contribution in [-0.4, -0.2) is 6.54 Å². The molecule has 0 N–H and O–H groups in total. The quantitative estimate of drug-likeness (QED) is 0.538. The van der Waals surface area contributed by atoms with Crippen LogP contribution in [0.5, 0.6) is 0 Å². The van der Waals surface area contributed by atoms with Gasteiger partial charge in [0, 0.05) is 17.9 Å². The van der Waals surface area contributed by atoms with E-state index in [2.05, 4.69) is 86.4 Å². The number of allylic oxidation sites excluding steroid dienone is 3. The van der Waals surface area contributed by atoms with Gasteiger partial charge in [-0.3, -0.25) is 0 Å². The summed E-state index contributed by atoms with van der Waals surface area (Å²) in [5.41, 5.74) is 8.16. The molecular formula is C25H35N. The Morgan fingerprint density at radius 3 is 2.08 bits per heavy atom. The maximum absolute atomic E-state index is 2.43. The van der Waals surface area contributed by atoms with Crippen LogP contribution in [0.3, 0.4) is 0 Å². The normalized spacial score (nSPS) is 13.3. The molecule has 26 heavy (non-hydrogen) atoms. The lowest BCUT2D eigenvalue weighted by molar-refractivity contribution is 1.03. The molecular weight excluding hydrogens is 314 g/mol. The standard InChI is InChI=1S/C21H23N.2C2H6/c1-4-7-18-14-19-8-5-6-9-21(19)22(15-17(18)3)20-12-10-16(2)11-13-20;2*1-2/h4-13H,14-15H2,1-3H3;2*1-2H3/b7-4-;;. The molecule has 1 heterocycles. The molecule has 1 heteroatoms. The van der Waals surface area contributed by atoms with Crippen LogP contribution < -0.4 is 4.90 Å². The van der Waals surface area contributed by atoms with Gasteiger partial charge in [0.15, 0.2) is 0 Å². The zero-order valence-corrected chi connectivity index (χ0v) is 17.6. The lowest BCUT2D eigenvalue weighted by Gasteiger charge is -2.26. The van der Waals surface area contributed by atoms with Gasteiger partial charge in [-0.1, -0.05) is 81.3 Å². The molecule has 0 atom stereocenters. The minimum absolute atomic E-state index is 0.944. The van der Waals surface area contributed by atoms with Gasteiger partial charge in [0.2, 0.25) is 0 Å². The molecule has 1 nitrogen and oxygen atoms in total. The average molecular weight is 350 g/mol. The number of hydrogen-bond donors (Lipinski definition) is 0. The monoisotopic (exact) mass is 349 g/mol. The molecule has 1 aliphatic heterocycles. The molecule has 0 spiro atoms. The minimum Gasteiger partial charge on any atom is -0.337 e. The van der Waals surface area contributed by atoms with Crippen molar-refractivity contribution < 1.29 is 0 Å². The SMILES string of the molecule is C/C=C\C1=C(C)CN(c2ccc(C)cc2)c2ccccc2C1.CC.CC. The summed E-state index contributed by atoms with van der Waals surface area (Å²) in [4.78, 5) is 2.43. The summed E-state index contributed by atoms with van der Waals surface area (Å²) in [6, 6.07) is 17.6. The molecule has 0 saturated heterocycles. The zero-order chi connectivity index (χ0) is 19.5. The topological polar surface area (TPSA) is 3.24 Å². The molecule has 0 unspecified atom stereocenters. The average Bonchev–Trinajstić information content (AvgIpc) is 2.83. The summed E-state index contributed by atoms with van der Waals surface area (Å²) in [7, 11) is 0. The number of nitrogens with zero attached hydrogens (tertiary/aromatic N) is 1. The molecule has 0 aliphatic carbocycles. The molecule has 2 aromatic rings. The maximum Gasteiger partial charge on any atom is 0.0449 e. The van der Waals surface area contributed by atoms with E-state index in [0.29, 0.717) is 0 Å². The van der Waals surface area contributed by atoms with Crippen LogP contribution in [0.25, 0.3) is 0 Å². The van der Waals surface area contributed by atoms with Crippen LogP contribution in [0, 0.1) is 6.92 Å². The Kier molecular flexibility index (Phi) is 9.51. The van der Waals surface area contributed by atoms with Gasteiger partial charge in [-0.2, -0.15) is 0 Å². The Hall–Kier alpha value is -2.28. The Morgan fingerprint density at radius 2 is 1.46 bits per heavy atom. The smallest absolute Gasteiger partial charge is 0.0449 e. The summed E-state index contributed by atoms with van der Waals surface area (Å²) >= 11 is 0. The molecule has 0 radical (unpaired) electrons. The Bertz CT molecular complexity index is 720. The van der Waals surface area contributed by atoms with E-state index >= 15 is 0 Å². The van der Waals surface area contributed by atoms with Crippen LogP contribution in [0.1, 0.15) is 52.7 Å². The summed E-state index contributed by atoms with van der Waals surface area (Å²) < 4.78 is 0. The van der Waals surface area contributed by atoms with E-state index in [-0.39, 0.29) is 0 Å². The van der Waals surface area contributed by atoms with Gasteiger partial charge >= 0.3 is 0 Å². The number of para-hydroxylation sites is 1. The molecule has 1 aliphatic rings. The fraction of sp³-hybridized carbons (Fsp3) is 0.360. The molecule has 0 aromatic heterocycles. The summed E-state index contributed by atoms with van der Waals surface area (Å²) in [6.07, 6.45) is 5.41.